The van der Waals surface area contributed by atoms with E-state index in [0.717, 1.165) is 0 Å². The molecule has 0 aliphatic carbocycles. The van der Waals surface area contributed by atoms with Crippen LogP contribution in [0.15, 0.2) is 12.2 Å². The molecule has 0 spiro atoms. The van der Waals surface area contributed by atoms with E-state index in [4.69, 9.17) is 0 Å². The molecule has 0 rings (SSSR count). The van der Waals surface area contributed by atoms with Gasteiger partial charge in [-0.2, -0.15) is 0 Å². The molecule has 2 heteroatoms. The van der Waals surface area contributed by atoms with Gasteiger partial charge in [-0.1, -0.05) is 5.57 Å². The average Bonchev–Trinajstić information content (AvgIpc) is 1.54. The highest BCUT2D eigenvalue weighted by molar-refractivity contribution is 5.13. The molecule has 0 unspecified atom stereocenters. The van der Waals surface area contributed by atoms with Crippen LogP contribution in [0.4, 0.5) is 0 Å². The Morgan fingerprint density at radius 1 is 1.08 bits per heavy atom. The fourth-order valence-electron chi connectivity index (χ4n) is 0. The molecule has 0 aromatic rings. The second kappa shape index (κ2) is 13.0. The van der Waals surface area contributed by atoms with Crippen molar-refractivity contribution in [2.24, 2.45) is 0 Å². The van der Waals surface area contributed by atoms with Gasteiger partial charge >= 0.3 is 0 Å². The highest BCUT2D eigenvalue weighted by atomic mass is 15.0. The minimum absolute atomic E-state index is 1.17. The summed E-state index contributed by atoms with van der Waals surface area (Å²) in [6, 6.07) is 0. The summed E-state index contributed by atoms with van der Waals surface area (Å²) in [5, 5.41) is 0. The maximum Gasteiger partial charge on any atom is 0.131 e. The van der Waals surface area contributed by atoms with Gasteiger partial charge < -0.3 is 4.90 Å². The number of hydrogen-bond donors (Lipinski definition) is 0. The summed E-state index contributed by atoms with van der Waals surface area (Å²) in [6.07, 6.45) is 0. The molecule has 2 nitrogen and oxygen atoms in total. The molecular weight excluding hydrogens is 148 g/mol. The lowest BCUT2D eigenvalue weighted by molar-refractivity contribution is -0.454. The topological polar surface area (TPSA) is 6.25 Å². The van der Waals surface area contributed by atoms with Crippen molar-refractivity contribution in [2.75, 3.05) is 35.2 Å². The smallest absolute Gasteiger partial charge is 0.131 e. The van der Waals surface area contributed by atoms with Crippen molar-refractivity contribution < 1.29 is 4.58 Å². The number of hydrogen-bond acceptors (Lipinski definition) is 1. The Balaban J connectivity index is -0.000000101. The Labute approximate surface area is 78.2 Å². The van der Waals surface area contributed by atoms with Crippen molar-refractivity contribution in [3.05, 3.63) is 12.2 Å². The summed E-state index contributed by atoms with van der Waals surface area (Å²) in [5.41, 5.74) is 1.17. The third-order valence-corrected chi connectivity index (χ3v) is 0. The second-order valence-electron chi connectivity index (χ2n) is 3.63. The molecule has 0 aliphatic heterocycles. The van der Waals surface area contributed by atoms with Gasteiger partial charge in [-0.05, 0) is 35.0 Å². The molecule has 0 aromatic heterocycles. The molecule has 0 aliphatic rings. The lowest BCUT2D eigenvalue weighted by atomic mass is 10.4. The van der Waals surface area contributed by atoms with Crippen molar-refractivity contribution in [1.29, 1.82) is 0 Å². The lowest BCUT2D eigenvalue weighted by Gasteiger charge is -1.90. The van der Waals surface area contributed by atoms with Crippen LogP contribution in [0.1, 0.15) is 13.8 Å². The van der Waals surface area contributed by atoms with Gasteiger partial charge in [-0.25, -0.2) is 4.58 Å². The van der Waals surface area contributed by atoms with Crippen molar-refractivity contribution in [1.82, 2.24) is 4.90 Å². The molecule has 0 fully saturated rings. The summed E-state index contributed by atoms with van der Waals surface area (Å²) in [7, 11) is 9.78. The van der Waals surface area contributed by atoms with E-state index in [1.165, 1.54) is 5.57 Å². The molecule has 0 saturated heterocycles. The standard InChI is InChI=1S/C4H8.C3H9N.C3H8N/c3*1-4(2)3/h1H2,2-3H3;1-3H3;1H2,2-3H3/q;;+1. The highest BCUT2D eigenvalue weighted by Gasteiger charge is 1.58. The zero-order valence-corrected chi connectivity index (χ0v) is 9.81. The van der Waals surface area contributed by atoms with E-state index < -0.39 is 0 Å². The quantitative estimate of drug-likeness (QED) is 0.307. The third-order valence-electron chi connectivity index (χ3n) is 0. The van der Waals surface area contributed by atoms with Crippen molar-refractivity contribution in [3.63, 3.8) is 0 Å². The fraction of sp³-hybridized carbons (Fsp3) is 0.700. The molecule has 0 heterocycles. The second-order valence-corrected chi connectivity index (χ2v) is 3.63. The van der Waals surface area contributed by atoms with Crippen LogP contribution in [0.2, 0.25) is 0 Å². The number of nitrogens with zero attached hydrogens (tertiary/aromatic N) is 2. The van der Waals surface area contributed by atoms with Crippen LogP contribution in [0.5, 0.6) is 0 Å². The van der Waals surface area contributed by atoms with E-state index in [1.807, 2.05) is 54.0 Å². The average molecular weight is 173 g/mol. The Bertz CT molecular complexity index is 92.3. The van der Waals surface area contributed by atoms with Gasteiger partial charge in [0.25, 0.3) is 0 Å². The Kier molecular flexibility index (Phi) is 18.9. The van der Waals surface area contributed by atoms with E-state index in [0.29, 0.717) is 0 Å². The van der Waals surface area contributed by atoms with Gasteiger partial charge in [0, 0.05) is 0 Å². The van der Waals surface area contributed by atoms with Crippen LogP contribution < -0.4 is 0 Å². The highest BCUT2D eigenvalue weighted by Crippen LogP contribution is 1.73. The first-order valence-electron chi connectivity index (χ1n) is 3.91. The minimum atomic E-state index is 1.17. The molecule has 0 radical (unpaired) electrons. The Morgan fingerprint density at radius 3 is 1.08 bits per heavy atom. The van der Waals surface area contributed by atoms with Crippen molar-refractivity contribution >= 4 is 6.72 Å². The van der Waals surface area contributed by atoms with Gasteiger partial charge in [0.15, 0.2) is 0 Å². The fourth-order valence-corrected chi connectivity index (χ4v) is 0. The van der Waals surface area contributed by atoms with Gasteiger partial charge in [0.1, 0.15) is 20.8 Å². The molecule has 74 valence electrons. The van der Waals surface area contributed by atoms with Gasteiger partial charge in [-0.15, -0.1) is 6.58 Å². The SMILES string of the molecule is C=C(C)C.C=[N+](C)C.CN(C)C. The van der Waals surface area contributed by atoms with Crippen molar-refractivity contribution in [2.45, 2.75) is 13.8 Å². The molecule has 0 aromatic carbocycles. The van der Waals surface area contributed by atoms with Crippen LogP contribution in [-0.4, -0.2) is 51.4 Å². The first-order chi connectivity index (χ1) is 5.20. The molecule has 0 saturated carbocycles. The molecule has 12 heavy (non-hydrogen) atoms. The summed E-state index contributed by atoms with van der Waals surface area (Å²) in [4.78, 5) is 2.00. The monoisotopic (exact) mass is 173 g/mol. The summed E-state index contributed by atoms with van der Waals surface area (Å²) in [5.74, 6) is 0. The van der Waals surface area contributed by atoms with Crippen LogP contribution >= 0.6 is 0 Å². The van der Waals surface area contributed by atoms with Crippen molar-refractivity contribution in [3.8, 4) is 0 Å². The van der Waals surface area contributed by atoms with E-state index in [1.54, 1.807) is 4.58 Å². The van der Waals surface area contributed by atoms with Crippen LogP contribution in [0.25, 0.3) is 0 Å². The first kappa shape index (κ1) is 17.5. The maximum absolute atomic E-state index is 3.56. The Morgan fingerprint density at radius 2 is 1.08 bits per heavy atom. The first-order valence-corrected chi connectivity index (χ1v) is 3.91. The van der Waals surface area contributed by atoms with E-state index in [9.17, 15) is 0 Å². The molecule has 0 N–H and O–H groups in total. The van der Waals surface area contributed by atoms with E-state index in [-0.39, 0.29) is 0 Å². The molecule has 0 atom stereocenters. The van der Waals surface area contributed by atoms with Gasteiger partial charge in [0.05, 0.1) is 0 Å². The minimum Gasteiger partial charge on any atom is -0.312 e. The zero-order valence-electron chi connectivity index (χ0n) is 9.81. The van der Waals surface area contributed by atoms with E-state index >= 15 is 0 Å². The largest absolute Gasteiger partial charge is 0.312 e. The van der Waals surface area contributed by atoms with Gasteiger partial charge in [-0.3, -0.25) is 0 Å². The summed E-state index contributed by atoms with van der Waals surface area (Å²) in [6.45, 7) is 11.0. The maximum atomic E-state index is 3.56. The van der Waals surface area contributed by atoms with E-state index in [2.05, 4.69) is 13.3 Å². The molecular formula is C10H25N2+. The zero-order chi connectivity index (χ0) is 10.7. The molecule has 0 amide bonds. The van der Waals surface area contributed by atoms with Crippen LogP contribution in [0.3, 0.4) is 0 Å². The normalized spacial score (nSPS) is 7.33. The molecule has 0 bridgehead atoms. The third kappa shape index (κ3) is 1650. The van der Waals surface area contributed by atoms with Crippen LogP contribution in [0, 0.1) is 0 Å². The Hall–Kier alpha value is -0.630. The van der Waals surface area contributed by atoms with Crippen LogP contribution in [-0.2, 0) is 0 Å². The summed E-state index contributed by atoms with van der Waals surface area (Å²) >= 11 is 0. The van der Waals surface area contributed by atoms with Gasteiger partial charge in [0.2, 0.25) is 0 Å². The number of rotatable bonds is 0. The number of allylic oxidation sites excluding steroid dienone is 1. The summed E-state index contributed by atoms with van der Waals surface area (Å²) < 4.78 is 1.75. The predicted octanol–water partition coefficient (Wildman–Crippen LogP) is 1.72. The predicted molar refractivity (Wildman–Crippen MR) is 59.3 cm³/mol. The lowest BCUT2D eigenvalue weighted by Crippen LogP contribution is -1.99.